The van der Waals surface area contributed by atoms with E-state index in [-0.39, 0.29) is 0 Å². The molecular formula is C15H9N3S. The number of pyridine rings is 1. The number of thiazole rings is 1. The van der Waals surface area contributed by atoms with Crippen molar-refractivity contribution in [1.29, 1.82) is 5.26 Å². The van der Waals surface area contributed by atoms with Gasteiger partial charge in [0.05, 0.1) is 5.69 Å². The van der Waals surface area contributed by atoms with Crippen LogP contribution in [0.3, 0.4) is 0 Å². The Kier molecular flexibility index (Phi) is 3.05. The molecule has 0 N–H and O–H groups in total. The van der Waals surface area contributed by atoms with E-state index in [1.165, 1.54) is 11.3 Å². The Morgan fingerprint density at radius 3 is 2.47 bits per heavy atom. The summed E-state index contributed by atoms with van der Waals surface area (Å²) in [6.45, 7) is 0. The zero-order valence-corrected chi connectivity index (χ0v) is 10.8. The van der Waals surface area contributed by atoms with Crippen LogP contribution in [0.15, 0.2) is 54.9 Å². The van der Waals surface area contributed by atoms with Crippen LogP contribution in [-0.4, -0.2) is 9.97 Å². The maximum absolute atomic E-state index is 9.24. The first-order valence-corrected chi connectivity index (χ1v) is 6.57. The number of hydrogen-bond acceptors (Lipinski definition) is 4. The molecule has 0 spiro atoms. The quantitative estimate of drug-likeness (QED) is 0.707. The average molecular weight is 263 g/mol. The van der Waals surface area contributed by atoms with Crippen molar-refractivity contribution >= 4 is 11.3 Å². The summed E-state index contributed by atoms with van der Waals surface area (Å²) < 4.78 is 0. The predicted molar refractivity (Wildman–Crippen MR) is 75.5 cm³/mol. The molecule has 0 aliphatic heterocycles. The molecule has 0 aliphatic carbocycles. The van der Waals surface area contributed by atoms with Crippen molar-refractivity contribution in [2.75, 3.05) is 0 Å². The van der Waals surface area contributed by atoms with E-state index in [0.717, 1.165) is 21.8 Å². The lowest BCUT2D eigenvalue weighted by atomic mass is 10.1. The molecule has 0 bridgehead atoms. The first kappa shape index (κ1) is 11.6. The minimum atomic E-state index is 0.630. The van der Waals surface area contributed by atoms with Crippen molar-refractivity contribution in [3.63, 3.8) is 0 Å². The molecule has 2 heterocycles. The van der Waals surface area contributed by atoms with E-state index in [2.05, 4.69) is 16.0 Å². The van der Waals surface area contributed by atoms with Crippen LogP contribution in [0.1, 0.15) is 4.88 Å². The highest BCUT2D eigenvalue weighted by Crippen LogP contribution is 2.32. The summed E-state index contributed by atoms with van der Waals surface area (Å²) in [6, 6.07) is 15.8. The molecule has 0 aliphatic rings. The lowest BCUT2D eigenvalue weighted by Crippen LogP contribution is -1.81. The van der Waals surface area contributed by atoms with Crippen LogP contribution in [0.5, 0.6) is 0 Å². The Balaban J connectivity index is 2.13. The predicted octanol–water partition coefficient (Wildman–Crippen LogP) is 3.74. The van der Waals surface area contributed by atoms with Crippen LogP contribution in [-0.2, 0) is 0 Å². The summed E-state index contributed by atoms with van der Waals surface area (Å²) in [5.41, 5.74) is 2.64. The highest BCUT2D eigenvalue weighted by molar-refractivity contribution is 7.16. The van der Waals surface area contributed by atoms with E-state index < -0.39 is 0 Å². The van der Waals surface area contributed by atoms with Crippen LogP contribution in [0.25, 0.3) is 21.8 Å². The summed E-state index contributed by atoms with van der Waals surface area (Å²) in [5, 5.41) is 10.1. The molecule has 3 nitrogen and oxygen atoms in total. The van der Waals surface area contributed by atoms with Crippen LogP contribution in [0, 0.1) is 11.3 Å². The van der Waals surface area contributed by atoms with E-state index in [9.17, 15) is 5.26 Å². The Morgan fingerprint density at radius 2 is 1.79 bits per heavy atom. The molecular weight excluding hydrogens is 254 g/mol. The van der Waals surface area contributed by atoms with Crippen molar-refractivity contribution in [2.45, 2.75) is 0 Å². The van der Waals surface area contributed by atoms with Gasteiger partial charge in [-0.05, 0) is 12.1 Å². The summed E-state index contributed by atoms with van der Waals surface area (Å²) in [6.07, 6.45) is 3.48. The van der Waals surface area contributed by atoms with Gasteiger partial charge in [-0.3, -0.25) is 4.98 Å². The van der Waals surface area contributed by atoms with Gasteiger partial charge in [0.15, 0.2) is 0 Å². The molecule has 0 saturated carbocycles. The highest BCUT2D eigenvalue weighted by Gasteiger charge is 2.13. The molecule has 0 saturated heterocycles. The zero-order valence-electron chi connectivity index (χ0n) is 9.95. The molecule has 3 aromatic rings. The topological polar surface area (TPSA) is 49.6 Å². The lowest BCUT2D eigenvalue weighted by molar-refractivity contribution is 1.31. The van der Waals surface area contributed by atoms with E-state index in [1.54, 1.807) is 12.4 Å². The second-order valence-corrected chi connectivity index (χ2v) is 4.92. The maximum Gasteiger partial charge on any atom is 0.133 e. The molecule has 0 unspecified atom stereocenters. The number of benzene rings is 1. The van der Waals surface area contributed by atoms with E-state index in [4.69, 9.17) is 0 Å². The van der Waals surface area contributed by atoms with E-state index in [1.807, 2.05) is 42.5 Å². The van der Waals surface area contributed by atoms with Crippen molar-refractivity contribution in [1.82, 2.24) is 9.97 Å². The molecule has 3 rings (SSSR count). The van der Waals surface area contributed by atoms with Crippen LogP contribution < -0.4 is 0 Å². The molecule has 0 fully saturated rings. The van der Waals surface area contributed by atoms with Gasteiger partial charge in [-0.1, -0.05) is 30.3 Å². The molecule has 0 radical (unpaired) electrons. The standard InChI is InChI=1S/C15H9N3S/c16-9-13-14(11-5-2-1-3-6-11)18-15(19-13)12-7-4-8-17-10-12/h1-8,10H. The third kappa shape index (κ3) is 2.24. The fourth-order valence-electron chi connectivity index (χ4n) is 1.80. The van der Waals surface area contributed by atoms with Crippen LogP contribution in [0.4, 0.5) is 0 Å². The Hall–Kier alpha value is -2.51. The van der Waals surface area contributed by atoms with Gasteiger partial charge in [-0.25, -0.2) is 4.98 Å². The highest BCUT2D eigenvalue weighted by atomic mass is 32.1. The van der Waals surface area contributed by atoms with Gasteiger partial charge in [-0.15, -0.1) is 11.3 Å². The molecule has 0 amide bonds. The third-order valence-corrected chi connectivity index (χ3v) is 3.69. The van der Waals surface area contributed by atoms with Gasteiger partial charge in [0.1, 0.15) is 16.0 Å². The third-order valence-electron chi connectivity index (χ3n) is 2.68. The van der Waals surface area contributed by atoms with Gasteiger partial charge >= 0.3 is 0 Å². The normalized spacial score (nSPS) is 10.1. The first-order chi connectivity index (χ1) is 9.38. The smallest absolute Gasteiger partial charge is 0.133 e. The van der Waals surface area contributed by atoms with Gasteiger partial charge in [0, 0.05) is 23.5 Å². The van der Waals surface area contributed by atoms with E-state index in [0.29, 0.717) is 4.88 Å². The second kappa shape index (κ2) is 5.01. The van der Waals surface area contributed by atoms with Crippen LogP contribution >= 0.6 is 11.3 Å². The maximum atomic E-state index is 9.24. The molecule has 90 valence electrons. The first-order valence-electron chi connectivity index (χ1n) is 5.75. The fraction of sp³-hybridized carbons (Fsp3) is 0. The van der Waals surface area contributed by atoms with Gasteiger partial charge in [0.25, 0.3) is 0 Å². The monoisotopic (exact) mass is 263 g/mol. The fourth-order valence-corrected chi connectivity index (χ4v) is 2.68. The van der Waals surface area contributed by atoms with Crippen LogP contribution in [0.2, 0.25) is 0 Å². The Labute approximate surface area is 114 Å². The summed E-state index contributed by atoms with van der Waals surface area (Å²) in [7, 11) is 0. The average Bonchev–Trinajstić information content (AvgIpc) is 2.93. The Morgan fingerprint density at radius 1 is 1.00 bits per heavy atom. The molecule has 1 aromatic carbocycles. The lowest BCUT2D eigenvalue weighted by Gasteiger charge is -1.96. The molecule has 0 atom stereocenters. The molecule has 19 heavy (non-hydrogen) atoms. The number of hydrogen-bond donors (Lipinski definition) is 0. The molecule has 2 aromatic heterocycles. The SMILES string of the molecule is N#Cc1sc(-c2cccnc2)nc1-c1ccccc1. The summed E-state index contributed by atoms with van der Waals surface area (Å²) in [5.74, 6) is 0. The van der Waals surface area contributed by atoms with Crippen molar-refractivity contribution in [2.24, 2.45) is 0 Å². The van der Waals surface area contributed by atoms with Crippen molar-refractivity contribution < 1.29 is 0 Å². The van der Waals surface area contributed by atoms with Gasteiger partial charge in [0.2, 0.25) is 0 Å². The second-order valence-electron chi connectivity index (χ2n) is 3.92. The number of aromatic nitrogens is 2. The van der Waals surface area contributed by atoms with E-state index >= 15 is 0 Å². The zero-order chi connectivity index (χ0) is 13.1. The summed E-state index contributed by atoms with van der Waals surface area (Å²) in [4.78, 5) is 9.29. The van der Waals surface area contributed by atoms with Crippen molar-refractivity contribution in [3.05, 3.63) is 59.7 Å². The summed E-state index contributed by atoms with van der Waals surface area (Å²) >= 11 is 1.40. The van der Waals surface area contributed by atoms with Gasteiger partial charge in [-0.2, -0.15) is 5.26 Å². The van der Waals surface area contributed by atoms with Crippen molar-refractivity contribution in [3.8, 4) is 27.9 Å². The minimum Gasteiger partial charge on any atom is -0.264 e. The molecule has 4 heteroatoms. The number of rotatable bonds is 2. The number of nitrogens with zero attached hydrogens (tertiary/aromatic N) is 3. The Bertz CT molecular complexity index is 727. The largest absolute Gasteiger partial charge is 0.264 e. The number of nitriles is 1. The van der Waals surface area contributed by atoms with Gasteiger partial charge < -0.3 is 0 Å². The minimum absolute atomic E-state index is 0.630.